The van der Waals surface area contributed by atoms with Gasteiger partial charge in [-0.25, -0.2) is 0 Å². The summed E-state index contributed by atoms with van der Waals surface area (Å²) in [6, 6.07) is 20.3. The van der Waals surface area contributed by atoms with Gasteiger partial charge < -0.3 is 19.7 Å². The van der Waals surface area contributed by atoms with Crippen LogP contribution < -0.4 is 0 Å². The maximum Gasteiger partial charge on any atom is 0.109 e. The minimum Gasteiger partial charge on any atom is -0.388 e. The number of ether oxygens (including phenoxy) is 2. The molecule has 0 saturated carbocycles. The normalized spacial score (nSPS) is 14.3. The van der Waals surface area contributed by atoms with Crippen LogP contribution in [0.3, 0.4) is 0 Å². The van der Waals surface area contributed by atoms with Gasteiger partial charge in [0.05, 0.1) is 25.4 Å². The molecule has 0 bridgehead atoms. The van der Waals surface area contributed by atoms with Gasteiger partial charge in [-0.05, 0) is 24.0 Å². The third-order valence-electron chi connectivity index (χ3n) is 9.41. The van der Waals surface area contributed by atoms with Crippen molar-refractivity contribution in [1.82, 2.24) is 0 Å². The first kappa shape index (κ1) is 40.5. The van der Waals surface area contributed by atoms with E-state index in [1.807, 2.05) is 36.4 Å². The molecule has 46 heavy (non-hydrogen) atoms. The number of aliphatic hydroxyl groups is 2. The highest BCUT2D eigenvalue weighted by molar-refractivity contribution is 5.14. The average molecular weight is 639 g/mol. The summed E-state index contributed by atoms with van der Waals surface area (Å²) >= 11 is 0. The Morgan fingerprint density at radius 1 is 0.413 bits per heavy atom. The zero-order valence-corrected chi connectivity index (χ0v) is 29.8. The summed E-state index contributed by atoms with van der Waals surface area (Å²) in [4.78, 5) is 0. The second-order valence-electron chi connectivity index (χ2n) is 13.6. The molecule has 2 N–H and O–H groups in total. The fraction of sp³-hybridized carbons (Fsp3) is 0.714. The highest BCUT2D eigenvalue weighted by Crippen LogP contribution is 2.23. The van der Waals surface area contributed by atoms with Crippen molar-refractivity contribution in [2.45, 2.75) is 193 Å². The molecule has 0 spiro atoms. The second kappa shape index (κ2) is 28.3. The summed E-state index contributed by atoms with van der Waals surface area (Å²) < 4.78 is 12.7. The van der Waals surface area contributed by atoms with E-state index in [0.717, 1.165) is 49.7 Å². The quantitative estimate of drug-likeness (QED) is 0.0807. The van der Waals surface area contributed by atoms with Crippen molar-refractivity contribution in [3.63, 3.8) is 0 Å². The summed E-state index contributed by atoms with van der Waals surface area (Å²) in [6.45, 7) is 5.40. The molecule has 2 aromatic carbocycles. The number of hydrogen-bond acceptors (Lipinski definition) is 4. The van der Waals surface area contributed by atoms with Crippen LogP contribution >= 0.6 is 0 Å². The Hall–Kier alpha value is -1.72. The van der Waals surface area contributed by atoms with Crippen molar-refractivity contribution in [2.75, 3.05) is 0 Å². The van der Waals surface area contributed by atoms with Crippen molar-refractivity contribution in [2.24, 2.45) is 0 Å². The Labute approximate surface area is 283 Å². The van der Waals surface area contributed by atoms with Crippen LogP contribution in [-0.2, 0) is 22.7 Å². The van der Waals surface area contributed by atoms with Crippen LogP contribution in [0, 0.1) is 0 Å². The monoisotopic (exact) mass is 639 g/mol. The van der Waals surface area contributed by atoms with Gasteiger partial charge in [0.25, 0.3) is 0 Å². The Morgan fingerprint density at radius 2 is 0.696 bits per heavy atom. The van der Waals surface area contributed by atoms with Crippen LogP contribution in [-0.4, -0.2) is 34.6 Å². The summed E-state index contributed by atoms with van der Waals surface area (Å²) in [6.07, 6.45) is 24.0. The van der Waals surface area contributed by atoms with Crippen molar-refractivity contribution in [3.05, 3.63) is 71.8 Å². The van der Waals surface area contributed by atoms with Crippen molar-refractivity contribution < 1.29 is 19.7 Å². The number of benzene rings is 2. The van der Waals surface area contributed by atoms with Crippen LogP contribution in [0.4, 0.5) is 0 Å². The number of hydrogen-bond donors (Lipinski definition) is 2. The Kier molecular flexibility index (Phi) is 24.9. The van der Waals surface area contributed by atoms with E-state index in [-0.39, 0.29) is 0 Å². The third-order valence-corrected chi connectivity index (χ3v) is 9.41. The summed E-state index contributed by atoms with van der Waals surface area (Å²) in [5.74, 6) is 0. The molecule has 0 aliphatic rings. The van der Waals surface area contributed by atoms with E-state index in [1.165, 1.54) is 103 Å². The maximum absolute atomic E-state index is 11.6. The van der Waals surface area contributed by atoms with E-state index in [1.54, 1.807) is 0 Å². The summed E-state index contributed by atoms with van der Waals surface area (Å²) in [5.41, 5.74) is 2.17. The fourth-order valence-corrected chi connectivity index (χ4v) is 6.37. The van der Waals surface area contributed by atoms with Crippen LogP contribution in [0.5, 0.6) is 0 Å². The molecule has 4 atom stereocenters. The topological polar surface area (TPSA) is 58.9 Å². The minimum absolute atomic E-state index is 0.431. The van der Waals surface area contributed by atoms with Gasteiger partial charge >= 0.3 is 0 Å². The highest BCUT2D eigenvalue weighted by Gasteiger charge is 2.33. The molecule has 4 nitrogen and oxygen atoms in total. The third kappa shape index (κ3) is 19.8. The van der Waals surface area contributed by atoms with E-state index in [9.17, 15) is 10.2 Å². The molecule has 0 heterocycles. The molecule has 4 heteroatoms. The van der Waals surface area contributed by atoms with Gasteiger partial charge in [0.15, 0.2) is 0 Å². The van der Waals surface area contributed by atoms with Gasteiger partial charge in [0.1, 0.15) is 12.2 Å². The predicted octanol–water partition coefficient (Wildman–Crippen LogP) is 11.5. The SMILES string of the molecule is CCCCCCCCCCCC[C@@H](OCc1ccccc1)[C@@H](O)[C@H](O)[C@@H](CCCCCCCCCCCC)OCc1ccccc1. The molecule has 2 rings (SSSR count). The lowest BCUT2D eigenvalue weighted by molar-refractivity contribution is -0.147. The fourth-order valence-electron chi connectivity index (χ4n) is 6.37. The molecule has 2 aromatic rings. The zero-order chi connectivity index (χ0) is 32.9. The zero-order valence-electron chi connectivity index (χ0n) is 29.8. The molecule has 0 radical (unpaired) electrons. The van der Waals surface area contributed by atoms with Crippen molar-refractivity contribution >= 4 is 0 Å². The molecular formula is C42H70O4. The van der Waals surface area contributed by atoms with Crippen molar-refractivity contribution in [3.8, 4) is 0 Å². The standard InChI is InChI=1S/C42H70O4/c1-3-5-7-9-11-13-15-17-19-27-33-39(45-35-37-29-23-21-24-30-37)41(43)42(44)40(46-36-38-31-25-22-26-32-38)34-28-20-18-16-14-12-10-8-6-4-2/h21-26,29-32,39-44H,3-20,27-28,33-36H2,1-2H3/t39-,40-,41-,42-/m1/s1. The lowest BCUT2D eigenvalue weighted by atomic mass is 9.94. The molecule has 0 amide bonds. The van der Waals surface area contributed by atoms with E-state index >= 15 is 0 Å². The molecule has 0 saturated heterocycles. The number of rotatable bonds is 31. The van der Waals surface area contributed by atoms with Crippen LogP contribution in [0.1, 0.15) is 166 Å². The molecule has 0 unspecified atom stereocenters. The molecular weight excluding hydrogens is 568 g/mol. The minimum atomic E-state index is -0.994. The first-order valence-electron chi connectivity index (χ1n) is 19.3. The van der Waals surface area contributed by atoms with E-state index in [2.05, 4.69) is 38.1 Å². The van der Waals surface area contributed by atoms with Gasteiger partial charge in [0, 0.05) is 0 Å². The van der Waals surface area contributed by atoms with Gasteiger partial charge in [0.2, 0.25) is 0 Å². The Bertz CT molecular complexity index is 829. The van der Waals surface area contributed by atoms with Crippen LogP contribution in [0.25, 0.3) is 0 Å². The van der Waals surface area contributed by atoms with Crippen LogP contribution in [0.2, 0.25) is 0 Å². The highest BCUT2D eigenvalue weighted by atomic mass is 16.5. The van der Waals surface area contributed by atoms with Gasteiger partial charge in [-0.1, -0.05) is 203 Å². The number of aliphatic hydroxyl groups excluding tert-OH is 2. The molecule has 0 aliphatic heterocycles. The molecule has 262 valence electrons. The van der Waals surface area contributed by atoms with E-state index in [0.29, 0.717) is 13.2 Å². The lowest BCUT2D eigenvalue weighted by Gasteiger charge is -2.32. The maximum atomic E-state index is 11.6. The smallest absolute Gasteiger partial charge is 0.109 e. The molecule has 0 fully saturated rings. The molecule has 0 aromatic heterocycles. The molecule has 0 aliphatic carbocycles. The van der Waals surface area contributed by atoms with E-state index < -0.39 is 24.4 Å². The lowest BCUT2D eigenvalue weighted by Crippen LogP contribution is -2.46. The largest absolute Gasteiger partial charge is 0.388 e. The van der Waals surface area contributed by atoms with Gasteiger partial charge in [-0.15, -0.1) is 0 Å². The number of unbranched alkanes of at least 4 members (excludes halogenated alkanes) is 18. The summed E-state index contributed by atoms with van der Waals surface area (Å²) in [5, 5.41) is 23.1. The van der Waals surface area contributed by atoms with E-state index in [4.69, 9.17) is 9.47 Å². The van der Waals surface area contributed by atoms with Crippen molar-refractivity contribution in [1.29, 1.82) is 0 Å². The average Bonchev–Trinajstić information content (AvgIpc) is 3.09. The first-order chi connectivity index (χ1) is 22.7. The van der Waals surface area contributed by atoms with Gasteiger partial charge in [-0.2, -0.15) is 0 Å². The first-order valence-corrected chi connectivity index (χ1v) is 19.3. The Balaban J connectivity index is 1.90. The predicted molar refractivity (Wildman–Crippen MR) is 195 cm³/mol. The van der Waals surface area contributed by atoms with Crippen LogP contribution in [0.15, 0.2) is 60.7 Å². The summed E-state index contributed by atoms with van der Waals surface area (Å²) in [7, 11) is 0. The van der Waals surface area contributed by atoms with Gasteiger partial charge in [-0.3, -0.25) is 0 Å². The second-order valence-corrected chi connectivity index (χ2v) is 13.6. The Morgan fingerprint density at radius 3 is 1.00 bits per heavy atom.